The zero-order chi connectivity index (χ0) is 13.7. The quantitative estimate of drug-likeness (QED) is 0.838. The van der Waals surface area contributed by atoms with Gasteiger partial charge in [-0.3, -0.25) is 0 Å². The molecule has 2 aliphatic carbocycles. The van der Waals surface area contributed by atoms with Gasteiger partial charge < -0.3 is 9.47 Å². The number of halogens is 1. The summed E-state index contributed by atoms with van der Waals surface area (Å²) in [7, 11) is 0. The Hall–Kier alpha value is -0.930. The molecule has 5 atom stereocenters. The number of hydrogen-bond acceptors (Lipinski definition) is 2. The van der Waals surface area contributed by atoms with Crippen molar-refractivity contribution >= 4 is 0 Å². The number of ether oxygens (including phenoxy) is 2. The first-order chi connectivity index (χ1) is 9.66. The van der Waals surface area contributed by atoms with Crippen molar-refractivity contribution in [2.24, 2.45) is 11.8 Å². The Bertz CT molecular complexity index is 501. The number of hydrogen-bond donors (Lipinski definition) is 0. The molecule has 1 unspecified atom stereocenters. The standard InChI is InChI=1S/C17H21FO2/c1-17-9-11-6-7-15(20-17)13(11)8-16(17)19-10-12-4-2-3-5-14(12)18/h2-5,11,13,15-16H,6-10H2,1H3/t11?,13-,15+,16-,17+/m0/s1. The van der Waals surface area contributed by atoms with Gasteiger partial charge in [0.25, 0.3) is 0 Å². The van der Waals surface area contributed by atoms with Crippen molar-refractivity contribution in [1.29, 1.82) is 0 Å². The second-order valence-corrected chi connectivity index (χ2v) is 6.80. The van der Waals surface area contributed by atoms with E-state index in [1.54, 1.807) is 12.1 Å². The molecule has 4 fully saturated rings. The molecule has 4 aliphatic rings. The maximum atomic E-state index is 13.6. The van der Waals surface area contributed by atoms with Crippen molar-refractivity contribution in [3.63, 3.8) is 0 Å². The first-order valence-corrected chi connectivity index (χ1v) is 7.68. The second kappa shape index (κ2) is 4.54. The third kappa shape index (κ3) is 1.91. The van der Waals surface area contributed by atoms with Gasteiger partial charge in [0.1, 0.15) is 5.82 Å². The minimum Gasteiger partial charge on any atom is -0.370 e. The van der Waals surface area contributed by atoms with Crippen LogP contribution in [0.25, 0.3) is 0 Å². The molecule has 2 saturated heterocycles. The minimum atomic E-state index is -0.181. The number of benzene rings is 1. The molecular weight excluding hydrogens is 255 g/mol. The maximum Gasteiger partial charge on any atom is 0.128 e. The topological polar surface area (TPSA) is 18.5 Å². The van der Waals surface area contributed by atoms with Gasteiger partial charge in [-0.05, 0) is 50.5 Å². The van der Waals surface area contributed by atoms with E-state index < -0.39 is 0 Å². The molecular formula is C17H21FO2. The van der Waals surface area contributed by atoms with E-state index in [0.29, 0.717) is 24.2 Å². The number of fused-ring (bicyclic) bond motifs is 1. The van der Waals surface area contributed by atoms with Crippen LogP contribution in [0.1, 0.15) is 38.2 Å². The molecule has 0 radical (unpaired) electrons. The Morgan fingerprint density at radius 3 is 2.95 bits per heavy atom. The van der Waals surface area contributed by atoms with Crippen LogP contribution < -0.4 is 0 Å². The Labute approximate surface area is 119 Å². The molecule has 5 rings (SSSR count). The van der Waals surface area contributed by atoms with Gasteiger partial charge in [0.05, 0.1) is 24.4 Å². The highest BCUT2D eigenvalue weighted by Gasteiger charge is 2.57. The van der Waals surface area contributed by atoms with Gasteiger partial charge >= 0.3 is 0 Å². The molecule has 4 bridgehead atoms. The predicted molar refractivity (Wildman–Crippen MR) is 73.7 cm³/mol. The number of rotatable bonds is 3. The first-order valence-electron chi connectivity index (χ1n) is 7.68. The molecule has 20 heavy (non-hydrogen) atoms. The summed E-state index contributed by atoms with van der Waals surface area (Å²) < 4.78 is 26.0. The normalized spacial score (nSPS) is 42.1. The van der Waals surface area contributed by atoms with Gasteiger partial charge in [0.15, 0.2) is 0 Å². The summed E-state index contributed by atoms with van der Waals surface area (Å²) in [6, 6.07) is 6.85. The van der Waals surface area contributed by atoms with E-state index in [9.17, 15) is 4.39 Å². The lowest BCUT2D eigenvalue weighted by Gasteiger charge is -2.53. The van der Waals surface area contributed by atoms with Gasteiger partial charge in [0, 0.05) is 5.56 Å². The lowest BCUT2D eigenvalue weighted by Crippen LogP contribution is -2.58. The zero-order valence-corrected chi connectivity index (χ0v) is 11.8. The molecule has 2 heterocycles. The van der Waals surface area contributed by atoms with Crippen LogP contribution in [0.3, 0.4) is 0 Å². The van der Waals surface area contributed by atoms with Crippen LogP contribution in [0.2, 0.25) is 0 Å². The summed E-state index contributed by atoms with van der Waals surface area (Å²) in [4.78, 5) is 0. The van der Waals surface area contributed by atoms with Gasteiger partial charge in [-0.1, -0.05) is 18.2 Å². The highest BCUT2D eigenvalue weighted by Crippen LogP contribution is 2.55. The van der Waals surface area contributed by atoms with E-state index in [0.717, 1.165) is 18.8 Å². The SMILES string of the molecule is C[C@]12CC3CC[C@@H](O1)[C@H]3C[C@@H]2OCc1ccccc1F. The Morgan fingerprint density at radius 1 is 1.35 bits per heavy atom. The fourth-order valence-electron chi connectivity index (χ4n) is 4.52. The molecule has 3 heteroatoms. The third-order valence-corrected chi connectivity index (χ3v) is 5.56. The Morgan fingerprint density at radius 2 is 2.20 bits per heavy atom. The molecule has 2 aliphatic heterocycles. The zero-order valence-electron chi connectivity index (χ0n) is 11.8. The molecule has 1 aromatic rings. The minimum absolute atomic E-state index is 0.109. The van der Waals surface area contributed by atoms with Gasteiger partial charge in [0.2, 0.25) is 0 Å². The molecule has 0 N–H and O–H groups in total. The van der Waals surface area contributed by atoms with E-state index in [1.165, 1.54) is 18.9 Å². The van der Waals surface area contributed by atoms with Crippen molar-refractivity contribution in [3.8, 4) is 0 Å². The van der Waals surface area contributed by atoms with Gasteiger partial charge in [-0.15, -0.1) is 0 Å². The summed E-state index contributed by atoms with van der Waals surface area (Å²) >= 11 is 0. The van der Waals surface area contributed by atoms with Crippen LogP contribution >= 0.6 is 0 Å². The van der Waals surface area contributed by atoms with Crippen LogP contribution in [-0.4, -0.2) is 17.8 Å². The highest BCUT2D eigenvalue weighted by molar-refractivity contribution is 5.16. The monoisotopic (exact) mass is 276 g/mol. The summed E-state index contributed by atoms with van der Waals surface area (Å²) in [5.74, 6) is 1.31. The molecule has 2 nitrogen and oxygen atoms in total. The van der Waals surface area contributed by atoms with Crippen LogP contribution in [0, 0.1) is 17.7 Å². The van der Waals surface area contributed by atoms with Crippen molar-refractivity contribution < 1.29 is 13.9 Å². The Kier molecular flexibility index (Phi) is 2.90. The van der Waals surface area contributed by atoms with Crippen LogP contribution in [-0.2, 0) is 16.1 Å². The van der Waals surface area contributed by atoms with Gasteiger partial charge in [-0.2, -0.15) is 0 Å². The Balaban J connectivity index is 1.47. The van der Waals surface area contributed by atoms with Crippen molar-refractivity contribution in [1.82, 2.24) is 0 Å². The molecule has 0 spiro atoms. The average Bonchev–Trinajstić information content (AvgIpc) is 2.71. The molecule has 0 aromatic heterocycles. The summed E-state index contributed by atoms with van der Waals surface area (Å²) in [5.41, 5.74) is 0.478. The largest absolute Gasteiger partial charge is 0.370 e. The van der Waals surface area contributed by atoms with E-state index in [1.807, 2.05) is 6.07 Å². The molecule has 2 saturated carbocycles. The van der Waals surface area contributed by atoms with Crippen molar-refractivity contribution in [2.45, 2.75) is 57.0 Å². The lowest BCUT2D eigenvalue weighted by atomic mass is 9.68. The predicted octanol–water partition coefficient (Wildman–Crippen LogP) is 3.69. The summed E-state index contributed by atoms with van der Waals surface area (Å²) in [6.07, 6.45) is 5.27. The molecule has 0 amide bonds. The van der Waals surface area contributed by atoms with E-state index in [-0.39, 0.29) is 17.5 Å². The summed E-state index contributed by atoms with van der Waals surface area (Å²) in [6.45, 7) is 2.53. The van der Waals surface area contributed by atoms with Gasteiger partial charge in [-0.25, -0.2) is 4.39 Å². The second-order valence-electron chi connectivity index (χ2n) is 6.80. The van der Waals surface area contributed by atoms with E-state index in [4.69, 9.17) is 9.47 Å². The van der Waals surface area contributed by atoms with E-state index in [2.05, 4.69) is 6.92 Å². The maximum absolute atomic E-state index is 13.6. The smallest absolute Gasteiger partial charge is 0.128 e. The summed E-state index contributed by atoms with van der Waals surface area (Å²) in [5, 5.41) is 0. The fraction of sp³-hybridized carbons (Fsp3) is 0.647. The van der Waals surface area contributed by atoms with Crippen LogP contribution in [0.15, 0.2) is 24.3 Å². The fourth-order valence-corrected chi connectivity index (χ4v) is 4.52. The third-order valence-electron chi connectivity index (χ3n) is 5.56. The van der Waals surface area contributed by atoms with E-state index >= 15 is 0 Å². The van der Waals surface area contributed by atoms with Crippen LogP contribution in [0.4, 0.5) is 4.39 Å². The first kappa shape index (κ1) is 12.8. The molecule has 108 valence electrons. The molecule has 1 aromatic carbocycles. The highest BCUT2D eigenvalue weighted by atomic mass is 19.1. The van der Waals surface area contributed by atoms with Crippen molar-refractivity contribution in [3.05, 3.63) is 35.6 Å². The lowest BCUT2D eigenvalue weighted by molar-refractivity contribution is -0.251. The average molecular weight is 276 g/mol. The van der Waals surface area contributed by atoms with Crippen LogP contribution in [0.5, 0.6) is 0 Å². The van der Waals surface area contributed by atoms with Crippen molar-refractivity contribution in [2.75, 3.05) is 0 Å².